The molecule has 2 aromatic carbocycles. The van der Waals surface area contributed by atoms with Crippen molar-refractivity contribution in [3.63, 3.8) is 0 Å². The lowest BCUT2D eigenvalue weighted by atomic mass is 9.86. The number of nitrogens with one attached hydrogen (secondary N) is 1. The molecule has 0 saturated carbocycles. The summed E-state index contributed by atoms with van der Waals surface area (Å²) in [4.78, 5) is 26.7. The van der Waals surface area contributed by atoms with Gasteiger partial charge in [-0.1, -0.05) is 60.7 Å². The van der Waals surface area contributed by atoms with Crippen molar-refractivity contribution in [2.45, 2.75) is 25.8 Å². The summed E-state index contributed by atoms with van der Waals surface area (Å²) in [5, 5.41) is 3.84. The minimum absolute atomic E-state index is 0.0431. The largest absolute Gasteiger partial charge is 0.348 e. The fourth-order valence-electron chi connectivity index (χ4n) is 3.56. The maximum absolute atomic E-state index is 13.1. The predicted molar refractivity (Wildman–Crippen MR) is 120 cm³/mol. The lowest BCUT2D eigenvalue weighted by molar-refractivity contribution is 0.0940. The molecule has 0 aliphatic rings. The highest BCUT2D eigenvalue weighted by Gasteiger charge is 2.25. The monoisotopic (exact) mass is 414 g/mol. The van der Waals surface area contributed by atoms with Crippen molar-refractivity contribution in [3.8, 4) is 10.8 Å². The molecule has 6 heteroatoms. The zero-order valence-corrected chi connectivity index (χ0v) is 17.6. The van der Waals surface area contributed by atoms with Gasteiger partial charge in [0.15, 0.2) is 10.8 Å². The minimum Gasteiger partial charge on any atom is -0.348 e. The van der Waals surface area contributed by atoms with Crippen LogP contribution < -0.4 is 5.32 Å². The van der Waals surface area contributed by atoms with E-state index in [9.17, 15) is 4.79 Å². The van der Waals surface area contributed by atoms with Crippen LogP contribution in [0.25, 0.3) is 10.8 Å². The smallest absolute Gasteiger partial charge is 0.263 e. The lowest BCUT2D eigenvalue weighted by Gasteiger charge is -2.26. The number of aromatic nitrogens is 3. The van der Waals surface area contributed by atoms with Crippen LogP contribution in [0.4, 0.5) is 0 Å². The van der Waals surface area contributed by atoms with Crippen LogP contribution in [0.2, 0.25) is 0 Å². The molecule has 1 N–H and O–H groups in total. The predicted octanol–water partition coefficient (Wildman–Crippen LogP) is 4.86. The first-order valence-corrected chi connectivity index (χ1v) is 10.6. The Kier molecular flexibility index (Phi) is 5.95. The van der Waals surface area contributed by atoms with E-state index in [4.69, 9.17) is 0 Å². The van der Waals surface area contributed by atoms with Gasteiger partial charge in [-0.25, -0.2) is 15.0 Å². The number of benzene rings is 2. The molecule has 0 spiro atoms. The third kappa shape index (κ3) is 4.28. The Labute approximate surface area is 179 Å². The number of hydrogen-bond acceptors (Lipinski definition) is 5. The summed E-state index contributed by atoms with van der Waals surface area (Å²) < 4.78 is 0. The average molecular weight is 415 g/mol. The molecule has 1 atom stereocenters. The van der Waals surface area contributed by atoms with Crippen LogP contribution in [-0.4, -0.2) is 26.9 Å². The Balaban J connectivity index is 1.59. The van der Waals surface area contributed by atoms with E-state index in [-0.39, 0.29) is 17.9 Å². The molecule has 0 aliphatic heterocycles. The first-order valence-electron chi connectivity index (χ1n) is 9.79. The standard InChI is InChI=1S/C24H22N4OS/c1-16(20(18-10-5-3-6-11-18)19-12-7-4-8-13-19)27-23(29)21-17(2)28-24(30-21)22-25-14-9-15-26-22/h3-16,20H,1-2H3,(H,27,29). The molecule has 0 radical (unpaired) electrons. The number of carbonyl (C=O) groups excluding carboxylic acids is 1. The van der Waals surface area contributed by atoms with Gasteiger partial charge < -0.3 is 5.32 Å². The van der Waals surface area contributed by atoms with E-state index >= 15 is 0 Å². The van der Waals surface area contributed by atoms with Gasteiger partial charge >= 0.3 is 0 Å². The Morgan fingerprint density at radius 2 is 1.47 bits per heavy atom. The maximum atomic E-state index is 13.1. The molecule has 1 unspecified atom stereocenters. The number of thiazole rings is 1. The van der Waals surface area contributed by atoms with Crippen LogP contribution in [0.1, 0.15) is 39.3 Å². The van der Waals surface area contributed by atoms with Crippen molar-refractivity contribution in [2.75, 3.05) is 0 Å². The van der Waals surface area contributed by atoms with E-state index in [0.29, 0.717) is 21.4 Å². The fraction of sp³-hybridized carbons (Fsp3) is 0.167. The van der Waals surface area contributed by atoms with Gasteiger partial charge in [0, 0.05) is 24.4 Å². The zero-order chi connectivity index (χ0) is 20.9. The van der Waals surface area contributed by atoms with Gasteiger partial charge in [0.05, 0.1) is 5.69 Å². The molecule has 4 aromatic rings. The first kappa shape index (κ1) is 19.9. The molecule has 2 heterocycles. The number of nitrogens with zero attached hydrogens (tertiary/aromatic N) is 3. The molecule has 0 fully saturated rings. The van der Waals surface area contributed by atoms with Crippen molar-refractivity contribution in [2.24, 2.45) is 0 Å². The van der Waals surface area contributed by atoms with E-state index in [1.807, 2.05) is 50.2 Å². The highest BCUT2D eigenvalue weighted by Crippen LogP contribution is 2.29. The topological polar surface area (TPSA) is 67.8 Å². The van der Waals surface area contributed by atoms with E-state index in [2.05, 4.69) is 44.5 Å². The summed E-state index contributed by atoms with van der Waals surface area (Å²) in [6, 6.07) is 22.2. The molecule has 4 rings (SSSR count). The Hall–Kier alpha value is -3.38. The number of rotatable bonds is 6. The molecule has 2 aromatic heterocycles. The summed E-state index contributed by atoms with van der Waals surface area (Å²) >= 11 is 1.32. The summed E-state index contributed by atoms with van der Waals surface area (Å²) in [6.45, 7) is 3.88. The van der Waals surface area contributed by atoms with Crippen LogP contribution in [-0.2, 0) is 0 Å². The van der Waals surface area contributed by atoms with Crippen molar-refractivity contribution in [1.29, 1.82) is 0 Å². The van der Waals surface area contributed by atoms with Crippen LogP contribution in [0.15, 0.2) is 79.1 Å². The highest BCUT2D eigenvalue weighted by atomic mass is 32.1. The number of amides is 1. The second kappa shape index (κ2) is 8.97. The number of hydrogen-bond donors (Lipinski definition) is 1. The second-order valence-electron chi connectivity index (χ2n) is 7.07. The van der Waals surface area contributed by atoms with Gasteiger partial charge in [-0.15, -0.1) is 11.3 Å². The Bertz CT molecular complexity index is 1070. The molecule has 0 bridgehead atoms. The van der Waals surface area contributed by atoms with Gasteiger partial charge in [-0.05, 0) is 31.0 Å². The van der Waals surface area contributed by atoms with Gasteiger partial charge in [-0.3, -0.25) is 4.79 Å². The van der Waals surface area contributed by atoms with E-state index in [1.165, 1.54) is 11.3 Å². The van der Waals surface area contributed by atoms with Gasteiger partial charge in [0.1, 0.15) is 4.88 Å². The SMILES string of the molecule is Cc1nc(-c2ncccn2)sc1C(=O)NC(C)C(c1ccccc1)c1ccccc1. The molecular weight excluding hydrogens is 392 g/mol. The lowest BCUT2D eigenvalue weighted by Crippen LogP contribution is -2.37. The molecule has 0 saturated heterocycles. The molecule has 5 nitrogen and oxygen atoms in total. The molecule has 1 amide bonds. The minimum atomic E-state index is -0.128. The van der Waals surface area contributed by atoms with Crippen molar-refractivity contribution < 1.29 is 4.79 Å². The summed E-state index contributed by atoms with van der Waals surface area (Å²) in [5.41, 5.74) is 3.01. The molecule has 150 valence electrons. The Morgan fingerprint density at radius 1 is 0.900 bits per heavy atom. The Morgan fingerprint density at radius 3 is 2.03 bits per heavy atom. The van der Waals surface area contributed by atoms with E-state index < -0.39 is 0 Å². The fourth-order valence-corrected chi connectivity index (χ4v) is 4.48. The number of carbonyl (C=O) groups is 1. The quantitative estimate of drug-likeness (QED) is 0.489. The van der Waals surface area contributed by atoms with Crippen LogP contribution in [0, 0.1) is 6.92 Å². The van der Waals surface area contributed by atoms with Gasteiger partial charge in [0.25, 0.3) is 5.91 Å². The van der Waals surface area contributed by atoms with E-state index in [1.54, 1.807) is 18.5 Å². The van der Waals surface area contributed by atoms with Gasteiger partial charge in [0.2, 0.25) is 0 Å². The average Bonchev–Trinajstić information content (AvgIpc) is 3.18. The van der Waals surface area contributed by atoms with Crippen LogP contribution in [0.3, 0.4) is 0 Å². The van der Waals surface area contributed by atoms with Crippen LogP contribution in [0.5, 0.6) is 0 Å². The number of aryl methyl sites for hydroxylation is 1. The summed E-state index contributed by atoms with van der Waals surface area (Å²) in [7, 11) is 0. The highest BCUT2D eigenvalue weighted by molar-refractivity contribution is 7.17. The molecular formula is C24H22N4OS. The maximum Gasteiger partial charge on any atom is 0.263 e. The molecule has 0 aliphatic carbocycles. The third-order valence-electron chi connectivity index (χ3n) is 4.94. The van der Waals surface area contributed by atoms with Crippen molar-refractivity contribution in [1.82, 2.24) is 20.3 Å². The van der Waals surface area contributed by atoms with Crippen molar-refractivity contribution in [3.05, 3.63) is 101 Å². The first-order chi connectivity index (χ1) is 14.6. The van der Waals surface area contributed by atoms with E-state index in [0.717, 1.165) is 11.1 Å². The van der Waals surface area contributed by atoms with Crippen molar-refractivity contribution >= 4 is 17.2 Å². The van der Waals surface area contributed by atoms with Crippen LogP contribution >= 0.6 is 11.3 Å². The van der Waals surface area contributed by atoms with Gasteiger partial charge in [-0.2, -0.15) is 0 Å². The summed E-state index contributed by atoms with van der Waals surface area (Å²) in [5.74, 6) is 0.446. The summed E-state index contributed by atoms with van der Waals surface area (Å²) in [6.07, 6.45) is 3.34. The second-order valence-corrected chi connectivity index (χ2v) is 8.07. The third-order valence-corrected chi connectivity index (χ3v) is 6.09. The normalized spacial score (nSPS) is 12.0. The zero-order valence-electron chi connectivity index (χ0n) is 16.8. The molecule has 30 heavy (non-hydrogen) atoms.